The highest BCUT2D eigenvalue weighted by molar-refractivity contribution is 5.25. The summed E-state index contributed by atoms with van der Waals surface area (Å²) >= 11 is 0. The molecule has 0 saturated carbocycles. The Morgan fingerprint density at radius 2 is 2.18 bits per heavy atom. The summed E-state index contributed by atoms with van der Waals surface area (Å²) < 4.78 is 53.7. The van der Waals surface area contributed by atoms with E-state index in [2.05, 4.69) is 15.0 Å². The van der Waals surface area contributed by atoms with Gasteiger partial charge in [-0.05, 0) is 13.1 Å². The van der Waals surface area contributed by atoms with Gasteiger partial charge in [0.2, 0.25) is 5.88 Å². The van der Waals surface area contributed by atoms with Gasteiger partial charge in [0.05, 0.1) is 0 Å². The molecule has 1 N–H and O–H groups in total. The fourth-order valence-electron chi connectivity index (χ4n) is 1.11. The molecule has 0 aliphatic heterocycles. The molecule has 17 heavy (non-hydrogen) atoms. The summed E-state index contributed by atoms with van der Waals surface area (Å²) in [5.74, 6) is -4.24. The first-order chi connectivity index (χ1) is 7.97. The average molecular weight is 252 g/mol. The SMILES string of the molecule is CNCc1cccnc1OCC(F)(F)C(F)F. The molecule has 1 heterocycles. The molecule has 0 aliphatic rings. The average Bonchev–Trinajstić information content (AvgIpc) is 2.28. The van der Waals surface area contributed by atoms with Crippen LogP contribution in [0.15, 0.2) is 18.3 Å². The molecule has 1 aromatic heterocycles. The van der Waals surface area contributed by atoms with E-state index in [0.29, 0.717) is 12.1 Å². The number of rotatable bonds is 6. The lowest BCUT2D eigenvalue weighted by molar-refractivity contribution is -0.148. The van der Waals surface area contributed by atoms with Gasteiger partial charge < -0.3 is 10.1 Å². The van der Waals surface area contributed by atoms with Gasteiger partial charge in [0.15, 0.2) is 6.61 Å². The van der Waals surface area contributed by atoms with Crippen LogP contribution in [0.4, 0.5) is 17.6 Å². The minimum Gasteiger partial charge on any atom is -0.471 e. The number of aromatic nitrogens is 1. The molecule has 0 aromatic carbocycles. The minimum atomic E-state index is -4.17. The van der Waals surface area contributed by atoms with Crippen molar-refractivity contribution in [3.63, 3.8) is 0 Å². The monoisotopic (exact) mass is 252 g/mol. The quantitative estimate of drug-likeness (QED) is 0.787. The van der Waals surface area contributed by atoms with Crippen LogP contribution in [0.5, 0.6) is 5.88 Å². The number of alkyl halides is 4. The van der Waals surface area contributed by atoms with E-state index in [1.807, 2.05) is 0 Å². The molecule has 0 saturated heterocycles. The van der Waals surface area contributed by atoms with E-state index in [9.17, 15) is 17.6 Å². The van der Waals surface area contributed by atoms with Crippen molar-refractivity contribution in [3.8, 4) is 5.88 Å². The molecule has 0 spiro atoms. The third-order valence-electron chi connectivity index (χ3n) is 1.94. The Kier molecular flexibility index (Phi) is 4.68. The van der Waals surface area contributed by atoms with E-state index < -0.39 is 19.0 Å². The molecule has 0 radical (unpaired) electrons. The first-order valence-electron chi connectivity index (χ1n) is 4.84. The van der Waals surface area contributed by atoms with Gasteiger partial charge in [0.1, 0.15) is 0 Å². The second-order valence-electron chi connectivity index (χ2n) is 3.35. The Labute approximate surface area is 95.8 Å². The third-order valence-corrected chi connectivity index (χ3v) is 1.94. The zero-order valence-electron chi connectivity index (χ0n) is 9.09. The van der Waals surface area contributed by atoms with Gasteiger partial charge in [-0.25, -0.2) is 13.8 Å². The lowest BCUT2D eigenvalue weighted by Crippen LogP contribution is -2.34. The smallest absolute Gasteiger partial charge is 0.340 e. The lowest BCUT2D eigenvalue weighted by Gasteiger charge is -2.16. The predicted molar refractivity (Wildman–Crippen MR) is 53.4 cm³/mol. The maximum atomic E-state index is 12.6. The number of nitrogens with zero attached hydrogens (tertiary/aromatic N) is 1. The van der Waals surface area contributed by atoms with Crippen LogP contribution in [0.1, 0.15) is 5.56 Å². The molecule has 0 unspecified atom stereocenters. The molecule has 0 bridgehead atoms. The number of hydrogen-bond acceptors (Lipinski definition) is 3. The van der Waals surface area contributed by atoms with Crippen molar-refractivity contribution in [2.45, 2.75) is 18.9 Å². The molecule has 0 amide bonds. The Hall–Kier alpha value is -1.37. The largest absolute Gasteiger partial charge is 0.471 e. The van der Waals surface area contributed by atoms with Crippen molar-refractivity contribution >= 4 is 0 Å². The van der Waals surface area contributed by atoms with Crippen molar-refractivity contribution in [2.75, 3.05) is 13.7 Å². The first-order valence-corrected chi connectivity index (χ1v) is 4.84. The molecule has 0 fully saturated rings. The summed E-state index contributed by atoms with van der Waals surface area (Å²) in [6, 6.07) is 3.21. The molecular weight excluding hydrogens is 240 g/mol. The molecule has 3 nitrogen and oxygen atoms in total. The summed E-state index contributed by atoms with van der Waals surface area (Å²) in [4.78, 5) is 3.72. The molecule has 0 aliphatic carbocycles. The topological polar surface area (TPSA) is 34.2 Å². The molecule has 7 heteroatoms. The molecule has 1 rings (SSSR count). The van der Waals surface area contributed by atoms with E-state index in [4.69, 9.17) is 0 Å². The fourth-order valence-corrected chi connectivity index (χ4v) is 1.11. The Morgan fingerprint density at radius 3 is 2.76 bits per heavy atom. The van der Waals surface area contributed by atoms with Gasteiger partial charge >= 0.3 is 12.3 Å². The number of ether oxygens (including phenoxy) is 1. The summed E-state index contributed by atoms with van der Waals surface area (Å²) in [5, 5.41) is 2.79. The van der Waals surface area contributed by atoms with Crippen LogP contribution in [0.3, 0.4) is 0 Å². The van der Waals surface area contributed by atoms with Crippen LogP contribution >= 0.6 is 0 Å². The molecule has 0 atom stereocenters. The second-order valence-corrected chi connectivity index (χ2v) is 3.35. The number of pyridine rings is 1. The van der Waals surface area contributed by atoms with Crippen LogP contribution in [-0.2, 0) is 6.54 Å². The minimum absolute atomic E-state index is 0.0674. The van der Waals surface area contributed by atoms with E-state index >= 15 is 0 Å². The van der Waals surface area contributed by atoms with Crippen LogP contribution < -0.4 is 10.1 Å². The van der Waals surface area contributed by atoms with E-state index in [1.54, 1.807) is 19.2 Å². The van der Waals surface area contributed by atoms with Gasteiger partial charge in [0, 0.05) is 18.3 Å². The van der Waals surface area contributed by atoms with E-state index in [0.717, 1.165) is 0 Å². The van der Waals surface area contributed by atoms with Gasteiger partial charge in [-0.1, -0.05) is 6.07 Å². The normalized spacial score (nSPS) is 11.9. The fraction of sp³-hybridized carbons (Fsp3) is 0.500. The Balaban J connectivity index is 2.69. The van der Waals surface area contributed by atoms with Crippen molar-refractivity contribution in [2.24, 2.45) is 0 Å². The number of nitrogens with one attached hydrogen (secondary N) is 1. The van der Waals surface area contributed by atoms with Crippen molar-refractivity contribution in [1.29, 1.82) is 0 Å². The van der Waals surface area contributed by atoms with Crippen LogP contribution in [0.2, 0.25) is 0 Å². The Morgan fingerprint density at radius 1 is 1.47 bits per heavy atom. The third kappa shape index (κ3) is 3.85. The number of halogens is 4. The summed E-state index contributed by atoms with van der Waals surface area (Å²) in [6.45, 7) is -1.04. The highest BCUT2D eigenvalue weighted by Crippen LogP contribution is 2.24. The molecular formula is C10H12F4N2O. The second kappa shape index (κ2) is 5.81. The zero-order valence-corrected chi connectivity index (χ0v) is 9.09. The van der Waals surface area contributed by atoms with Crippen molar-refractivity contribution in [3.05, 3.63) is 23.9 Å². The lowest BCUT2D eigenvalue weighted by atomic mass is 10.2. The predicted octanol–water partition coefficient (Wildman–Crippen LogP) is 2.08. The van der Waals surface area contributed by atoms with Gasteiger partial charge in [-0.2, -0.15) is 8.78 Å². The first kappa shape index (κ1) is 13.7. The maximum absolute atomic E-state index is 12.6. The highest BCUT2D eigenvalue weighted by atomic mass is 19.3. The van der Waals surface area contributed by atoms with Gasteiger partial charge in [-0.15, -0.1) is 0 Å². The summed E-state index contributed by atoms with van der Waals surface area (Å²) in [7, 11) is 1.66. The van der Waals surface area contributed by atoms with Crippen molar-refractivity contribution < 1.29 is 22.3 Å². The van der Waals surface area contributed by atoms with Gasteiger partial charge in [0.25, 0.3) is 0 Å². The van der Waals surface area contributed by atoms with E-state index in [1.165, 1.54) is 6.20 Å². The van der Waals surface area contributed by atoms with E-state index in [-0.39, 0.29) is 5.88 Å². The molecule has 96 valence electrons. The van der Waals surface area contributed by atoms with Crippen molar-refractivity contribution in [1.82, 2.24) is 10.3 Å². The van der Waals surface area contributed by atoms with Crippen LogP contribution in [-0.4, -0.2) is 31.0 Å². The number of hydrogen-bond donors (Lipinski definition) is 1. The molecule has 1 aromatic rings. The Bertz CT molecular complexity index is 360. The van der Waals surface area contributed by atoms with Crippen LogP contribution in [0, 0.1) is 0 Å². The zero-order chi connectivity index (χ0) is 12.9. The van der Waals surface area contributed by atoms with Gasteiger partial charge in [-0.3, -0.25) is 0 Å². The van der Waals surface area contributed by atoms with Crippen LogP contribution in [0.25, 0.3) is 0 Å². The maximum Gasteiger partial charge on any atom is 0.340 e. The highest BCUT2D eigenvalue weighted by Gasteiger charge is 2.41. The standard InChI is InChI=1S/C10H12F4N2O/c1-15-5-7-3-2-4-16-8(7)17-6-10(13,14)9(11)12/h2-4,9,15H,5-6H2,1H3. The summed E-state index contributed by atoms with van der Waals surface area (Å²) in [6.07, 6.45) is -2.41. The summed E-state index contributed by atoms with van der Waals surface area (Å²) in [5.41, 5.74) is 0.528.